The zero-order valence-corrected chi connectivity index (χ0v) is 17.8. The Bertz CT molecular complexity index is 1230. The van der Waals surface area contributed by atoms with Crippen molar-refractivity contribution < 1.29 is 13.6 Å². The summed E-state index contributed by atoms with van der Waals surface area (Å²) in [6, 6.07) is 15.1. The molecule has 1 aromatic carbocycles. The quantitative estimate of drug-likeness (QED) is 0.363. The molecule has 0 atom stereocenters. The van der Waals surface area contributed by atoms with Gasteiger partial charge in [0, 0.05) is 25.5 Å². The molecule has 8 heteroatoms. The summed E-state index contributed by atoms with van der Waals surface area (Å²) < 4.78 is 11.5. The van der Waals surface area contributed by atoms with Crippen LogP contribution < -0.4 is 0 Å². The molecule has 0 spiro atoms. The van der Waals surface area contributed by atoms with Crippen molar-refractivity contribution in [3.8, 4) is 6.07 Å². The van der Waals surface area contributed by atoms with Crippen LogP contribution in [0.15, 0.2) is 68.9 Å². The van der Waals surface area contributed by atoms with Crippen molar-refractivity contribution in [2.45, 2.75) is 30.9 Å². The molecule has 7 nitrogen and oxygen atoms in total. The molecule has 0 saturated heterocycles. The van der Waals surface area contributed by atoms with Crippen molar-refractivity contribution in [1.82, 2.24) is 14.9 Å². The molecule has 0 N–H and O–H groups in total. The van der Waals surface area contributed by atoms with E-state index in [-0.39, 0.29) is 18.1 Å². The van der Waals surface area contributed by atoms with E-state index in [1.54, 1.807) is 29.4 Å². The number of hydrogen-bond donors (Lipinski definition) is 0. The SMILES string of the molecule is Cc1ccc2oc(SCc3ccc(C(=O)N(CCC#N)Cc4cccnc4)o3)nc2c1. The van der Waals surface area contributed by atoms with E-state index < -0.39 is 0 Å². The highest BCUT2D eigenvalue weighted by molar-refractivity contribution is 7.98. The monoisotopic (exact) mass is 432 g/mol. The third kappa shape index (κ3) is 5.13. The van der Waals surface area contributed by atoms with Crippen LogP contribution in [0, 0.1) is 18.3 Å². The minimum absolute atomic E-state index is 0.241. The minimum atomic E-state index is -0.257. The van der Waals surface area contributed by atoms with Gasteiger partial charge in [-0.15, -0.1) is 0 Å². The number of amides is 1. The van der Waals surface area contributed by atoms with Gasteiger partial charge in [-0.1, -0.05) is 23.9 Å². The Balaban J connectivity index is 1.42. The lowest BCUT2D eigenvalue weighted by Gasteiger charge is -2.20. The molecule has 0 fully saturated rings. The predicted molar refractivity (Wildman–Crippen MR) is 116 cm³/mol. The highest BCUT2D eigenvalue weighted by atomic mass is 32.2. The maximum atomic E-state index is 13.0. The maximum Gasteiger partial charge on any atom is 0.289 e. The first kappa shape index (κ1) is 20.7. The number of hydrogen-bond acceptors (Lipinski definition) is 7. The van der Waals surface area contributed by atoms with Crippen molar-refractivity contribution in [2.75, 3.05) is 6.54 Å². The summed E-state index contributed by atoms with van der Waals surface area (Å²) in [5.41, 5.74) is 3.58. The first-order chi connectivity index (χ1) is 15.1. The number of carbonyl (C=O) groups is 1. The Morgan fingerprint density at radius 2 is 2.13 bits per heavy atom. The van der Waals surface area contributed by atoms with E-state index in [2.05, 4.69) is 16.0 Å². The third-order valence-electron chi connectivity index (χ3n) is 4.61. The highest BCUT2D eigenvalue weighted by Gasteiger charge is 2.20. The molecule has 3 heterocycles. The first-order valence-corrected chi connectivity index (χ1v) is 10.7. The van der Waals surface area contributed by atoms with Gasteiger partial charge >= 0.3 is 0 Å². The summed E-state index contributed by atoms with van der Waals surface area (Å²) in [7, 11) is 0. The lowest BCUT2D eigenvalue weighted by Crippen LogP contribution is -2.31. The molecule has 0 aliphatic carbocycles. The lowest BCUT2D eigenvalue weighted by atomic mass is 10.2. The largest absolute Gasteiger partial charge is 0.455 e. The Morgan fingerprint density at radius 1 is 1.23 bits per heavy atom. The van der Waals surface area contributed by atoms with Gasteiger partial charge in [0.25, 0.3) is 11.1 Å². The van der Waals surface area contributed by atoms with Gasteiger partial charge in [0.15, 0.2) is 11.3 Å². The number of nitriles is 1. The topological polar surface area (TPSA) is 96.2 Å². The van der Waals surface area contributed by atoms with Gasteiger partial charge < -0.3 is 13.7 Å². The van der Waals surface area contributed by atoms with Gasteiger partial charge in [0.1, 0.15) is 11.3 Å². The zero-order valence-electron chi connectivity index (χ0n) is 16.9. The van der Waals surface area contributed by atoms with E-state index in [1.807, 2.05) is 37.3 Å². The summed E-state index contributed by atoms with van der Waals surface area (Å²) in [5, 5.41) is 9.50. The number of carbonyl (C=O) groups excluding carboxylic acids is 1. The Morgan fingerprint density at radius 3 is 2.94 bits per heavy atom. The fourth-order valence-electron chi connectivity index (χ4n) is 3.09. The Hall–Kier alpha value is -3.57. The van der Waals surface area contributed by atoms with Crippen molar-refractivity contribution in [1.29, 1.82) is 5.26 Å². The van der Waals surface area contributed by atoms with E-state index in [0.717, 1.165) is 22.2 Å². The molecule has 0 radical (unpaired) electrons. The standard InChI is InChI=1S/C23H20N4O3S/c1-16-5-7-20-19(12-16)26-23(30-20)31-15-18-6-8-21(29-18)22(28)27(11-3-9-24)14-17-4-2-10-25-13-17/h2,4-8,10,12-13H,3,11,14-15H2,1H3. The molecular formula is C23H20N4O3S. The average molecular weight is 433 g/mol. The van der Waals surface area contributed by atoms with E-state index in [4.69, 9.17) is 14.1 Å². The van der Waals surface area contributed by atoms with Gasteiger partial charge in [-0.3, -0.25) is 9.78 Å². The number of aromatic nitrogens is 2. The smallest absolute Gasteiger partial charge is 0.289 e. The van der Waals surface area contributed by atoms with Crippen LogP contribution in [0.5, 0.6) is 0 Å². The van der Waals surface area contributed by atoms with E-state index >= 15 is 0 Å². The number of thioether (sulfide) groups is 1. The van der Waals surface area contributed by atoms with Crippen molar-refractivity contribution >= 4 is 28.8 Å². The molecule has 0 saturated carbocycles. The van der Waals surface area contributed by atoms with Gasteiger partial charge in [0.2, 0.25) is 0 Å². The summed E-state index contributed by atoms with van der Waals surface area (Å²) in [5.74, 6) is 1.12. The van der Waals surface area contributed by atoms with Crippen LogP contribution >= 0.6 is 11.8 Å². The molecule has 3 aromatic heterocycles. The van der Waals surface area contributed by atoms with Gasteiger partial charge in [-0.25, -0.2) is 4.98 Å². The molecule has 4 aromatic rings. The molecule has 4 rings (SSSR count). The molecule has 0 bridgehead atoms. The van der Waals surface area contributed by atoms with Crippen LogP contribution in [0.25, 0.3) is 11.1 Å². The normalized spacial score (nSPS) is 10.8. The Labute approximate surface area is 183 Å². The fourth-order valence-corrected chi connectivity index (χ4v) is 3.82. The predicted octanol–water partition coefficient (Wildman–Crippen LogP) is 4.97. The lowest BCUT2D eigenvalue weighted by molar-refractivity contribution is 0.0713. The first-order valence-electron chi connectivity index (χ1n) is 9.76. The Kier molecular flexibility index (Phi) is 6.34. The van der Waals surface area contributed by atoms with Gasteiger partial charge in [-0.05, 0) is 48.4 Å². The molecule has 31 heavy (non-hydrogen) atoms. The maximum absolute atomic E-state index is 13.0. The highest BCUT2D eigenvalue weighted by Crippen LogP contribution is 2.27. The molecule has 0 aliphatic rings. The molecule has 1 amide bonds. The van der Waals surface area contributed by atoms with Crippen LogP contribution in [0.1, 0.15) is 33.9 Å². The molecule has 0 unspecified atom stereocenters. The average Bonchev–Trinajstić information content (AvgIpc) is 3.41. The summed E-state index contributed by atoms with van der Waals surface area (Å²) in [6.45, 7) is 2.69. The summed E-state index contributed by atoms with van der Waals surface area (Å²) >= 11 is 1.41. The van der Waals surface area contributed by atoms with Gasteiger partial charge in [-0.2, -0.15) is 5.26 Å². The summed E-state index contributed by atoms with van der Waals surface area (Å²) in [4.78, 5) is 23.1. The number of furan rings is 1. The zero-order chi connectivity index (χ0) is 21.6. The van der Waals surface area contributed by atoms with Gasteiger partial charge in [0.05, 0.1) is 18.2 Å². The number of fused-ring (bicyclic) bond motifs is 1. The van der Waals surface area contributed by atoms with Crippen LogP contribution in [-0.2, 0) is 12.3 Å². The second-order valence-corrected chi connectivity index (χ2v) is 7.93. The number of rotatable bonds is 8. The molecule has 0 aliphatic heterocycles. The number of nitrogens with zero attached hydrogens (tertiary/aromatic N) is 4. The number of pyridine rings is 1. The van der Waals surface area contributed by atoms with E-state index in [0.29, 0.717) is 29.8 Å². The fraction of sp³-hybridized carbons (Fsp3) is 0.217. The van der Waals surface area contributed by atoms with Crippen molar-refractivity contribution in [3.05, 3.63) is 77.5 Å². The third-order valence-corrected chi connectivity index (χ3v) is 5.46. The second kappa shape index (κ2) is 9.49. The number of aryl methyl sites for hydroxylation is 1. The van der Waals surface area contributed by atoms with Crippen LogP contribution in [0.2, 0.25) is 0 Å². The molecular weight excluding hydrogens is 412 g/mol. The van der Waals surface area contributed by atoms with Crippen LogP contribution in [-0.4, -0.2) is 27.3 Å². The van der Waals surface area contributed by atoms with E-state index in [1.165, 1.54) is 11.8 Å². The number of oxazole rings is 1. The molecule has 156 valence electrons. The number of benzene rings is 1. The summed E-state index contributed by atoms with van der Waals surface area (Å²) in [6.07, 6.45) is 3.63. The van der Waals surface area contributed by atoms with Crippen LogP contribution in [0.3, 0.4) is 0 Å². The van der Waals surface area contributed by atoms with Crippen molar-refractivity contribution in [2.24, 2.45) is 0 Å². The second-order valence-electron chi connectivity index (χ2n) is 7.00. The van der Waals surface area contributed by atoms with Crippen LogP contribution in [0.4, 0.5) is 0 Å². The minimum Gasteiger partial charge on any atom is -0.455 e. The van der Waals surface area contributed by atoms with Crippen molar-refractivity contribution in [3.63, 3.8) is 0 Å². The van der Waals surface area contributed by atoms with E-state index in [9.17, 15) is 4.79 Å².